The maximum atomic E-state index is 11.6. The first-order valence-corrected chi connectivity index (χ1v) is 7.88. The van der Waals surface area contributed by atoms with E-state index in [1.807, 2.05) is 24.4 Å². The molecule has 4 nitrogen and oxygen atoms in total. The molecular weight excluding hydrogens is 276 g/mol. The number of hydrogen-bond acceptors (Lipinski definition) is 4. The molecule has 1 aromatic carbocycles. The lowest BCUT2D eigenvalue weighted by Crippen LogP contribution is -2.40. The van der Waals surface area contributed by atoms with Crippen molar-refractivity contribution in [2.45, 2.75) is 19.8 Å². The van der Waals surface area contributed by atoms with Gasteiger partial charge in [0.2, 0.25) is 0 Å². The second-order valence-corrected chi connectivity index (χ2v) is 6.36. The van der Waals surface area contributed by atoms with Crippen molar-refractivity contribution in [1.29, 1.82) is 0 Å². The normalized spacial score (nSPS) is 22.0. The zero-order valence-corrected chi connectivity index (χ0v) is 12.9. The summed E-state index contributed by atoms with van der Waals surface area (Å²) in [6.45, 7) is 3.75. The third-order valence-electron chi connectivity index (χ3n) is 4.41. The van der Waals surface area contributed by atoms with Crippen molar-refractivity contribution in [3.63, 3.8) is 0 Å². The van der Waals surface area contributed by atoms with Crippen LogP contribution in [0.2, 0.25) is 0 Å². The highest BCUT2D eigenvalue weighted by Gasteiger charge is 2.27. The van der Waals surface area contributed by atoms with Crippen molar-refractivity contribution in [3.05, 3.63) is 36.5 Å². The number of anilines is 1. The molecule has 1 fully saturated rings. The Bertz CT molecular complexity index is 666. The molecule has 1 N–H and O–H groups in total. The summed E-state index contributed by atoms with van der Waals surface area (Å²) in [7, 11) is 0. The van der Waals surface area contributed by atoms with E-state index in [1.54, 1.807) is 0 Å². The van der Waals surface area contributed by atoms with Gasteiger partial charge in [0.1, 0.15) is 6.61 Å². The third kappa shape index (κ3) is 3.12. The minimum atomic E-state index is -0.344. The lowest BCUT2D eigenvalue weighted by atomic mass is 9.86. The number of para-hydroxylation sites is 1. The fourth-order valence-corrected chi connectivity index (χ4v) is 3.57. The molecule has 116 valence electrons. The van der Waals surface area contributed by atoms with Gasteiger partial charge in [0.05, 0.1) is 5.52 Å². The first-order valence-electron chi connectivity index (χ1n) is 7.88. The standard InChI is InChI=1S/C18H22N2O2/c1-13-8-14(9-15(22)12-21)11-20(10-13)18-6-7-19-17-5-3-2-4-16(17)18/h2-7,13-14,21H,8-12H2,1H3/t13-,14-/m0/s1. The minimum absolute atomic E-state index is 0.0568. The van der Waals surface area contributed by atoms with E-state index < -0.39 is 0 Å². The van der Waals surface area contributed by atoms with E-state index >= 15 is 0 Å². The van der Waals surface area contributed by atoms with Crippen LogP contribution in [0.15, 0.2) is 36.5 Å². The van der Waals surface area contributed by atoms with Crippen LogP contribution in [-0.4, -0.2) is 35.6 Å². The lowest BCUT2D eigenvalue weighted by molar-refractivity contribution is -0.122. The van der Waals surface area contributed by atoms with E-state index in [0.29, 0.717) is 18.3 Å². The van der Waals surface area contributed by atoms with Gasteiger partial charge in [-0.1, -0.05) is 25.1 Å². The number of aromatic nitrogens is 1. The van der Waals surface area contributed by atoms with E-state index in [2.05, 4.69) is 28.9 Å². The van der Waals surface area contributed by atoms with Gasteiger partial charge >= 0.3 is 0 Å². The average Bonchev–Trinajstić information content (AvgIpc) is 2.53. The van der Waals surface area contributed by atoms with Crippen LogP contribution in [0.1, 0.15) is 19.8 Å². The number of aliphatic hydroxyl groups excluding tert-OH is 1. The number of piperidine rings is 1. The van der Waals surface area contributed by atoms with Crippen LogP contribution >= 0.6 is 0 Å². The molecule has 3 rings (SSSR count). The molecule has 0 spiro atoms. The fourth-order valence-electron chi connectivity index (χ4n) is 3.57. The number of rotatable bonds is 4. The second-order valence-electron chi connectivity index (χ2n) is 6.36. The zero-order chi connectivity index (χ0) is 15.5. The summed E-state index contributed by atoms with van der Waals surface area (Å²) in [5.74, 6) is 0.797. The Hall–Kier alpha value is -1.94. The van der Waals surface area contributed by atoms with Crippen molar-refractivity contribution in [3.8, 4) is 0 Å². The van der Waals surface area contributed by atoms with Gasteiger partial charge in [0.25, 0.3) is 0 Å². The number of carbonyl (C=O) groups is 1. The first kappa shape index (κ1) is 15.0. The van der Waals surface area contributed by atoms with Crippen molar-refractivity contribution in [2.75, 3.05) is 24.6 Å². The van der Waals surface area contributed by atoms with Crippen LogP contribution in [0.3, 0.4) is 0 Å². The monoisotopic (exact) mass is 298 g/mol. The van der Waals surface area contributed by atoms with Crippen LogP contribution in [0.25, 0.3) is 10.9 Å². The summed E-state index contributed by atoms with van der Waals surface area (Å²) in [6.07, 6.45) is 3.37. The smallest absolute Gasteiger partial charge is 0.158 e. The molecule has 22 heavy (non-hydrogen) atoms. The molecule has 0 unspecified atom stereocenters. The van der Waals surface area contributed by atoms with Crippen LogP contribution in [0.5, 0.6) is 0 Å². The Kier molecular flexibility index (Phi) is 4.39. The number of benzene rings is 1. The predicted molar refractivity (Wildman–Crippen MR) is 87.9 cm³/mol. The van der Waals surface area contributed by atoms with Crippen LogP contribution in [0.4, 0.5) is 5.69 Å². The summed E-state index contributed by atoms with van der Waals surface area (Å²) in [6, 6.07) is 10.2. The third-order valence-corrected chi connectivity index (χ3v) is 4.41. The number of pyridine rings is 1. The number of nitrogens with zero attached hydrogens (tertiary/aromatic N) is 2. The van der Waals surface area contributed by atoms with E-state index in [4.69, 9.17) is 5.11 Å². The van der Waals surface area contributed by atoms with Crippen molar-refractivity contribution >= 4 is 22.4 Å². The number of fused-ring (bicyclic) bond motifs is 1. The minimum Gasteiger partial charge on any atom is -0.389 e. The van der Waals surface area contributed by atoms with Gasteiger partial charge in [0, 0.05) is 36.8 Å². The van der Waals surface area contributed by atoms with Gasteiger partial charge in [-0.15, -0.1) is 0 Å². The van der Waals surface area contributed by atoms with Crippen LogP contribution in [0, 0.1) is 11.8 Å². The molecule has 0 amide bonds. The SMILES string of the molecule is C[C@H]1C[C@@H](CC(=O)CO)CN(c2ccnc3ccccc23)C1. The van der Waals surface area contributed by atoms with E-state index in [0.717, 1.165) is 30.4 Å². The highest BCUT2D eigenvalue weighted by molar-refractivity contribution is 5.91. The van der Waals surface area contributed by atoms with Crippen molar-refractivity contribution < 1.29 is 9.90 Å². The quantitative estimate of drug-likeness (QED) is 0.943. The topological polar surface area (TPSA) is 53.4 Å². The predicted octanol–water partition coefficient (Wildman–Crippen LogP) is 2.65. The molecule has 0 saturated carbocycles. The molecule has 1 aliphatic heterocycles. The number of Topliss-reactive ketones (excluding diaryl/α,β-unsaturated/α-hetero) is 1. The summed E-state index contributed by atoms with van der Waals surface area (Å²) < 4.78 is 0. The fraction of sp³-hybridized carbons (Fsp3) is 0.444. The summed E-state index contributed by atoms with van der Waals surface area (Å²) in [5.41, 5.74) is 2.19. The molecule has 0 bridgehead atoms. The van der Waals surface area contributed by atoms with Crippen LogP contribution in [-0.2, 0) is 4.79 Å². The lowest BCUT2D eigenvalue weighted by Gasteiger charge is -2.38. The zero-order valence-electron chi connectivity index (χ0n) is 12.9. The second kappa shape index (κ2) is 6.44. The van der Waals surface area contributed by atoms with Gasteiger partial charge in [0.15, 0.2) is 5.78 Å². The Balaban J connectivity index is 1.87. The first-order chi connectivity index (χ1) is 10.7. The molecule has 0 radical (unpaired) electrons. The molecule has 1 aromatic heterocycles. The Morgan fingerprint density at radius 3 is 2.95 bits per heavy atom. The number of carbonyl (C=O) groups excluding carboxylic acids is 1. The van der Waals surface area contributed by atoms with Gasteiger partial charge in [-0.2, -0.15) is 0 Å². The van der Waals surface area contributed by atoms with Gasteiger partial charge in [-0.05, 0) is 30.4 Å². The number of aliphatic hydroxyl groups is 1. The molecule has 2 aromatic rings. The molecule has 2 heterocycles. The van der Waals surface area contributed by atoms with Crippen molar-refractivity contribution in [1.82, 2.24) is 4.98 Å². The van der Waals surface area contributed by atoms with Gasteiger partial charge < -0.3 is 10.0 Å². The van der Waals surface area contributed by atoms with E-state index in [1.165, 1.54) is 5.69 Å². The Morgan fingerprint density at radius 2 is 2.14 bits per heavy atom. The maximum Gasteiger partial charge on any atom is 0.158 e. The molecule has 2 atom stereocenters. The van der Waals surface area contributed by atoms with E-state index in [9.17, 15) is 4.79 Å². The van der Waals surface area contributed by atoms with Gasteiger partial charge in [-0.25, -0.2) is 0 Å². The maximum absolute atomic E-state index is 11.6. The Morgan fingerprint density at radius 1 is 1.32 bits per heavy atom. The average molecular weight is 298 g/mol. The molecule has 0 aliphatic carbocycles. The summed E-state index contributed by atoms with van der Waals surface area (Å²) in [4.78, 5) is 18.4. The largest absolute Gasteiger partial charge is 0.389 e. The Labute approximate surface area is 130 Å². The number of hydrogen-bond donors (Lipinski definition) is 1. The highest BCUT2D eigenvalue weighted by atomic mass is 16.3. The molecule has 4 heteroatoms. The highest BCUT2D eigenvalue weighted by Crippen LogP contribution is 2.32. The summed E-state index contributed by atoms with van der Waals surface area (Å²) >= 11 is 0. The number of ketones is 1. The van der Waals surface area contributed by atoms with E-state index in [-0.39, 0.29) is 12.4 Å². The summed E-state index contributed by atoms with van der Waals surface area (Å²) in [5, 5.41) is 10.1. The molecule has 1 aliphatic rings. The van der Waals surface area contributed by atoms with Crippen molar-refractivity contribution in [2.24, 2.45) is 11.8 Å². The molecular formula is C18H22N2O2. The van der Waals surface area contributed by atoms with Gasteiger partial charge in [-0.3, -0.25) is 9.78 Å². The molecule has 1 saturated heterocycles. The van der Waals surface area contributed by atoms with Crippen LogP contribution < -0.4 is 4.90 Å².